The molecule has 2 fully saturated rings. The summed E-state index contributed by atoms with van der Waals surface area (Å²) < 4.78 is 0. The van der Waals surface area contributed by atoms with E-state index < -0.39 is 5.54 Å². The van der Waals surface area contributed by atoms with Gasteiger partial charge in [-0.2, -0.15) is 0 Å². The van der Waals surface area contributed by atoms with Gasteiger partial charge in [0.15, 0.2) is 0 Å². The number of nitrogens with one attached hydrogen (secondary N) is 1. The van der Waals surface area contributed by atoms with Gasteiger partial charge in [0.2, 0.25) is 11.8 Å². The molecule has 1 heterocycles. The second-order valence-electron chi connectivity index (χ2n) is 4.86. The number of hydrogen-bond donors (Lipinski definition) is 1. The Labute approximate surface area is 102 Å². The Morgan fingerprint density at radius 2 is 2.12 bits per heavy atom. The van der Waals surface area contributed by atoms with Crippen LogP contribution in [0.2, 0.25) is 0 Å². The molecule has 1 aliphatic heterocycles. The van der Waals surface area contributed by atoms with Crippen molar-refractivity contribution in [1.29, 1.82) is 0 Å². The van der Waals surface area contributed by atoms with Crippen LogP contribution in [0, 0.1) is 12.3 Å². The summed E-state index contributed by atoms with van der Waals surface area (Å²) in [7, 11) is 0. The van der Waals surface area contributed by atoms with E-state index in [1.807, 2.05) is 6.92 Å². The van der Waals surface area contributed by atoms with E-state index in [1.54, 1.807) is 4.90 Å². The van der Waals surface area contributed by atoms with Crippen molar-refractivity contribution in [2.75, 3.05) is 6.54 Å². The highest BCUT2D eigenvalue weighted by atomic mass is 16.2. The molecule has 0 radical (unpaired) electrons. The van der Waals surface area contributed by atoms with Crippen molar-refractivity contribution < 1.29 is 9.59 Å². The van der Waals surface area contributed by atoms with Crippen molar-refractivity contribution in [2.24, 2.45) is 0 Å². The summed E-state index contributed by atoms with van der Waals surface area (Å²) in [6, 6.07) is -0.258. The largest absolute Gasteiger partial charge is 0.340 e. The monoisotopic (exact) mass is 234 g/mol. The Balaban J connectivity index is 2.26. The Morgan fingerprint density at radius 3 is 2.65 bits per heavy atom. The molecule has 1 unspecified atom stereocenters. The fourth-order valence-corrected chi connectivity index (χ4v) is 2.86. The van der Waals surface area contributed by atoms with Crippen LogP contribution < -0.4 is 5.32 Å². The number of carbonyl (C=O) groups excluding carboxylic acids is 2. The minimum Gasteiger partial charge on any atom is -0.340 e. The molecule has 1 atom stereocenters. The van der Waals surface area contributed by atoms with E-state index in [2.05, 4.69) is 11.2 Å². The van der Waals surface area contributed by atoms with Crippen molar-refractivity contribution in [3.8, 4) is 12.3 Å². The zero-order valence-corrected chi connectivity index (χ0v) is 10.2. The molecule has 17 heavy (non-hydrogen) atoms. The number of terminal acetylenes is 1. The van der Waals surface area contributed by atoms with Gasteiger partial charge in [0, 0.05) is 0 Å². The van der Waals surface area contributed by atoms with Gasteiger partial charge in [0.05, 0.1) is 6.04 Å². The molecule has 2 aliphatic rings. The van der Waals surface area contributed by atoms with Crippen molar-refractivity contribution in [3.63, 3.8) is 0 Å². The molecule has 0 aromatic rings. The second-order valence-corrected chi connectivity index (χ2v) is 4.86. The molecule has 4 heteroatoms. The van der Waals surface area contributed by atoms with E-state index >= 15 is 0 Å². The normalized spacial score (nSPS) is 24.6. The first-order valence-corrected chi connectivity index (χ1v) is 6.21. The van der Waals surface area contributed by atoms with Gasteiger partial charge in [-0.15, -0.1) is 6.42 Å². The average molecular weight is 234 g/mol. The van der Waals surface area contributed by atoms with Crippen molar-refractivity contribution in [3.05, 3.63) is 0 Å². The maximum Gasteiger partial charge on any atom is 0.249 e. The van der Waals surface area contributed by atoms with E-state index in [-0.39, 0.29) is 24.4 Å². The lowest BCUT2D eigenvalue weighted by Crippen LogP contribution is -2.67. The topological polar surface area (TPSA) is 49.4 Å². The highest BCUT2D eigenvalue weighted by Gasteiger charge is 2.49. The molecule has 1 saturated heterocycles. The molecule has 1 spiro atoms. The van der Waals surface area contributed by atoms with E-state index in [4.69, 9.17) is 6.42 Å². The first kappa shape index (κ1) is 12.0. The number of nitrogens with zero attached hydrogens (tertiary/aromatic N) is 1. The minimum atomic E-state index is -0.653. The van der Waals surface area contributed by atoms with Crippen LogP contribution >= 0.6 is 0 Å². The van der Waals surface area contributed by atoms with Crippen molar-refractivity contribution in [1.82, 2.24) is 10.2 Å². The van der Waals surface area contributed by atoms with Gasteiger partial charge in [-0.1, -0.05) is 25.7 Å². The lowest BCUT2D eigenvalue weighted by atomic mass is 9.92. The number of carbonyl (C=O) groups is 2. The summed E-state index contributed by atoms with van der Waals surface area (Å²) in [6.45, 7) is 2.04. The highest BCUT2D eigenvalue weighted by Crippen LogP contribution is 2.34. The van der Waals surface area contributed by atoms with Crippen LogP contribution in [0.1, 0.15) is 39.0 Å². The van der Waals surface area contributed by atoms with Gasteiger partial charge in [-0.3, -0.25) is 9.59 Å². The highest BCUT2D eigenvalue weighted by molar-refractivity contribution is 5.98. The van der Waals surface area contributed by atoms with Gasteiger partial charge < -0.3 is 10.2 Å². The Morgan fingerprint density at radius 1 is 1.47 bits per heavy atom. The quantitative estimate of drug-likeness (QED) is 0.714. The molecule has 1 saturated carbocycles. The van der Waals surface area contributed by atoms with Gasteiger partial charge in [-0.05, 0) is 19.3 Å². The molecule has 2 rings (SSSR count). The summed E-state index contributed by atoms with van der Waals surface area (Å²) in [6.07, 6.45) is 9.60. The molecule has 1 aliphatic carbocycles. The SMILES string of the molecule is C#CC(CC)N1CC(=O)NC2(CCCC2)C1=O. The number of hydrogen-bond acceptors (Lipinski definition) is 2. The third-order valence-corrected chi connectivity index (χ3v) is 3.78. The zero-order valence-electron chi connectivity index (χ0n) is 10.2. The van der Waals surface area contributed by atoms with E-state index in [1.165, 1.54) is 0 Å². The maximum atomic E-state index is 12.5. The summed E-state index contributed by atoms with van der Waals surface area (Å²) in [4.78, 5) is 25.8. The van der Waals surface area contributed by atoms with Gasteiger partial charge in [-0.25, -0.2) is 0 Å². The fourth-order valence-electron chi connectivity index (χ4n) is 2.86. The van der Waals surface area contributed by atoms with Crippen molar-refractivity contribution >= 4 is 11.8 Å². The Hall–Kier alpha value is -1.50. The average Bonchev–Trinajstić information content (AvgIpc) is 2.76. The molecule has 0 bridgehead atoms. The third-order valence-electron chi connectivity index (χ3n) is 3.78. The second kappa shape index (κ2) is 4.40. The summed E-state index contributed by atoms with van der Waals surface area (Å²) >= 11 is 0. The van der Waals surface area contributed by atoms with Crippen LogP contribution in [-0.4, -0.2) is 34.8 Å². The summed E-state index contributed by atoms with van der Waals surface area (Å²) in [5, 5.41) is 2.88. The summed E-state index contributed by atoms with van der Waals surface area (Å²) in [5.41, 5.74) is -0.653. The molecular weight excluding hydrogens is 216 g/mol. The lowest BCUT2D eigenvalue weighted by molar-refractivity contribution is -0.151. The van der Waals surface area contributed by atoms with Gasteiger partial charge >= 0.3 is 0 Å². The van der Waals surface area contributed by atoms with Gasteiger partial charge in [0.1, 0.15) is 12.1 Å². The predicted octanol–water partition coefficient (Wildman–Crippen LogP) is 0.669. The van der Waals surface area contributed by atoms with Crippen LogP contribution in [0.15, 0.2) is 0 Å². The predicted molar refractivity (Wildman–Crippen MR) is 64.0 cm³/mol. The van der Waals surface area contributed by atoms with Crippen LogP contribution in [0.25, 0.3) is 0 Å². The molecule has 92 valence electrons. The number of amides is 2. The Bertz CT molecular complexity index is 377. The molecule has 2 amide bonds. The molecule has 0 aromatic carbocycles. The smallest absolute Gasteiger partial charge is 0.249 e. The fraction of sp³-hybridized carbons (Fsp3) is 0.692. The summed E-state index contributed by atoms with van der Waals surface area (Å²) in [5.74, 6) is 2.53. The van der Waals surface area contributed by atoms with E-state index in [9.17, 15) is 9.59 Å². The van der Waals surface area contributed by atoms with Crippen molar-refractivity contribution in [2.45, 2.75) is 50.6 Å². The van der Waals surface area contributed by atoms with E-state index in [0.717, 1.165) is 25.7 Å². The first-order valence-electron chi connectivity index (χ1n) is 6.21. The Kier molecular flexibility index (Phi) is 3.10. The standard InChI is InChI=1S/C13H18N2O2/c1-3-10(4-2)15-9-11(16)14-13(12(15)17)7-5-6-8-13/h1,10H,4-9H2,2H3,(H,14,16). The molecular formula is C13H18N2O2. The van der Waals surface area contributed by atoms with Crippen LogP contribution in [0.4, 0.5) is 0 Å². The number of rotatable bonds is 2. The minimum absolute atomic E-state index is 0.0133. The van der Waals surface area contributed by atoms with Gasteiger partial charge in [0.25, 0.3) is 0 Å². The maximum absolute atomic E-state index is 12.5. The first-order chi connectivity index (χ1) is 8.13. The number of piperazine rings is 1. The third kappa shape index (κ3) is 1.90. The zero-order chi connectivity index (χ0) is 12.5. The molecule has 4 nitrogen and oxygen atoms in total. The van der Waals surface area contributed by atoms with E-state index in [0.29, 0.717) is 6.42 Å². The lowest BCUT2D eigenvalue weighted by Gasteiger charge is -2.41. The van der Waals surface area contributed by atoms with Crippen LogP contribution in [0.5, 0.6) is 0 Å². The molecule has 0 aromatic heterocycles. The molecule has 1 N–H and O–H groups in total. The van der Waals surface area contributed by atoms with Crippen LogP contribution in [-0.2, 0) is 9.59 Å². The van der Waals surface area contributed by atoms with Crippen LogP contribution in [0.3, 0.4) is 0 Å².